The predicted molar refractivity (Wildman–Crippen MR) is 72.7 cm³/mol. The van der Waals surface area contributed by atoms with Crippen LogP contribution in [-0.2, 0) is 25.6 Å². The summed E-state index contributed by atoms with van der Waals surface area (Å²) in [7, 11) is 1.68. The molecular formula is C14H17BrO4. The summed E-state index contributed by atoms with van der Waals surface area (Å²) < 4.78 is 23.7. The van der Waals surface area contributed by atoms with Crippen molar-refractivity contribution in [3.05, 3.63) is 34.3 Å². The number of halogens is 1. The molecule has 2 heterocycles. The Morgan fingerprint density at radius 1 is 1.32 bits per heavy atom. The molecule has 0 N–H and O–H groups in total. The molecule has 2 bridgehead atoms. The first-order valence-electron chi connectivity index (χ1n) is 6.43. The number of rotatable bonds is 4. The Balaban J connectivity index is 1.62. The minimum Gasteiger partial charge on any atom is -0.376 e. The van der Waals surface area contributed by atoms with E-state index in [2.05, 4.69) is 22.0 Å². The third-order valence-electron chi connectivity index (χ3n) is 3.63. The zero-order valence-electron chi connectivity index (χ0n) is 10.8. The Kier molecular flexibility index (Phi) is 4.19. The average molecular weight is 329 g/mol. The first-order valence-corrected chi connectivity index (χ1v) is 7.22. The van der Waals surface area contributed by atoms with Crippen molar-refractivity contribution in [2.45, 2.75) is 37.6 Å². The molecule has 2 saturated heterocycles. The van der Waals surface area contributed by atoms with Crippen LogP contribution in [0.25, 0.3) is 0 Å². The van der Waals surface area contributed by atoms with Crippen molar-refractivity contribution < 1.29 is 18.9 Å². The lowest BCUT2D eigenvalue weighted by Crippen LogP contribution is -2.44. The molecule has 2 aliphatic rings. The SMILES string of the molecule is CO[C@@H]1C[C@H](OCc2ccccc2Br)[C@H]2CO[C@@H]1O2. The highest BCUT2D eigenvalue weighted by atomic mass is 79.9. The van der Waals surface area contributed by atoms with Gasteiger partial charge < -0.3 is 18.9 Å². The van der Waals surface area contributed by atoms with Crippen LogP contribution in [-0.4, -0.2) is 38.3 Å². The Hall–Kier alpha value is -0.460. The normalized spacial score (nSPS) is 33.6. The van der Waals surface area contributed by atoms with Crippen LogP contribution in [0.2, 0.25) is 0 Å². The minimum absolute atomic E-state index is 0.0239. The van der Waals surface area contributed by atoms with Crippen LogP contribution < -0.4 is 0 Å². The number of benzene rings is 1. The van der Waals surface area contributed by atoms with E-state index in [-0.39, 0.29) is 24.6 Å². The van der Waals surface area contributed by atoms with E-state index >= 15 is 0 Å². The van der Waals surface area contributed by atoms with E-state index in [1.165, 1.54) is 0 Å². The summed E-state index contributed by atoms with van der Waals surface area (Å²) in [4.78, 5) is 0. The van der Waals surface area contributed by atoms with Gasteiger partial charge in [0.2, 0.25) is 0 Å². The van der Waals surface area contributed by atoms with E-state index in [0.717, 1.165) is 16.5 Å². The van der Waals surface area contributed by atoms with Gasteiger partial charge in [0.25, 0.3) is 0 Å². The lowest BCUT2D eigenvalue weighted by Gasteiger charge is -2.32. The molecule has 0 saturated carbocycles. The van der Waals surface area contributed by atoms with E-state index in [1.807, 2.05) is 18.2 Å². The first kappa shape index (κ1) is 13.5. The summed E-state index contributed by atoms with van der Waals surface area (Å²) in [6, 6.07) is 8.07. The summed E-state index contributed by atoms with van der Waals surface area (Å²) in [6.45, 7) is 1.15. The van der Waals surface area contributed by atoms with Crippen molar-refractivity contribution in [3.8, 4) is 0 Å². The number of fused-ring (bicyclic) bond motifs is 2. The molecule has 0 unspecified atom stereocenters. The summed E-state index contributed by atoms with van der Waals surface area (Å²) in [5.41, 5.74) is 1.14. The third kappa shape index (κ3) is 2.85. The highest BCUT2D eigenvalue weighted by Crippen LogP contribution is 2.31. The van der Waals surface area contributed by atoms with Crippen LogP contribution in [0.1, 0.15) is 12.0 Å². The molecule has 5 heteroatoms. The van der Waals surface area contributed by atoms with Gasteiger partial charge in [-0.3, -0.25) is 0 Å². The van der Waals surface area contributed by atoms with Crippen molar-refractivity contribution in [2.75, 3.05) is 13.7 Å². The molecule has 0 aliphatic carbocycles. The molecule has 4 atom stereocenters. The number of hydrogen-bond donors (Lipinski definition) is 0. The summed E-state index contributed by atoms with van der Waals surface area (Å²) in [5.74, 6) is 0. The topological polar surface area (TPSA) is 36.9 Å². The van der Waals surface area contributed by atoms with Gasteiger partial charge >= 0.3 is 0 Å². The summed E-state index contributed by atoms with van der Waals surface area (Å²) >= 11 is 3.53. The molecule has 1 aromatic rings. The van der Waals surface area contributed by atoms with Gasteiger partial charge in [0.05, 0.1) is 19.3 Å². The zero-order chi connectivity index (χ0) is 13.2. The Labute approximate surface area is 121 Å². The van der Waals surface area contributed by atoms with E-state index in [4.69, 9.17) is 18.9 Å². The predicted octanol–water partition coefficient (Wildman–Crippen LogP) is 2.49. The molecule has 0 amide bonds. The molecule has 3 rings (SSSR count). The Morgan fingerprint density at radius 2 is 2.16 bits per heavy atom. The van der Waals surface area contributed by atoms with E-state index < -0.39 is 0 Å². The van der Waals surface area contributed by atoms with Crippen LogP contribution in [0.4, 0.5) is 0 Å². The largest absolute Gasteiger partial charge is 0.376 e. The van der Waals surface area contributed by atoms with Gasteiger partial charge in [0.15, 0.2) is 6.29 Å². The van der Waals surface area contributed by atoms with Gasteiger partial charge in [-0.1, -0.05) is 34.1 Å². The van der Waals surface area contributed by atoms with Crippen molar-refractivity contribution in [3.63, 3.8) is 0 Å². The van der Waals surface area contributed by atoms with Crippen molar-refractivity contribution in [2.24, 2.45) is 0 Å². The van der Waals surface area contributed by atoms with Crippen LogP contribution in [0, 0.1) is 0 Å². The maximum absolute atomic E-state index is 6.00. The number of hydrogen-bond acceptors (Lipinski definition) is 4. The van der Waals surface area contributed by atoms with E-state index in [9.17, 15) is 0 Å². The molecule has 4 nitrogen and oxygen atoms in total. The Morgan fingerprint density at radius 3 is 2.95 bits per heavy atom. The maximum atomic E-state index is 6.00. The fourth-order valence-electron chi connectivity index (χ4n) is 2.52. The second kappa shape index (κ2) is 5.89. The molecule has 1 aromatic carbocycles. The lowest BCUT2D eigenvalue weighted by molar-refractivity contribution is -0.200. The van der Waals surface area contributed by atoms with Crippen LogP contribution in [0.5, 0.6) is 0 Å². The first-order chi connectivity index (χ1) is 9.28. The van der Waals surface area contributed by atoms with Gasteiger partial charge in [-0.25, -0.2) is 0 Å². The highest BCUT2D eigenvalue weighted by Gasteiger charge is 2.44. The second-order valence-corrected chi connectivity index (χ2v) is 5.68. The van der Waals surface area contributed by atoms with E-state index in [1.54, 1.807) is 7.11 Å². The average Bonchev–Trinajstić information content (AvgIpc) is 2.85. The third-order valence-corrected chi connectivity index (χ3v) is 4.40. The molecule has 0 spiro atoms. The molecule has 0 aromatic heterocycles. The smallest absolute Gasteiger partial charge is 0.184 e. The van der Waals surface area contributed by atoms with Gasteiger partial charge in [0.1, 0.15) is 12.2 Å². The van der Waals surface area contributed by atoms with Crippen molar-refractivity contribution in [1.29, 1.82) is 0 Å². The molecule has 104 valence electrons. The molecular weight excluding hydrogens is 312 g/mol. The lowest BCUT2D eigenvalue weighted by atomic mass is 10.0. The summed E-state index contributed by atoms with van der Waals surface area (Å²) in [6.07, 6.45) is 0.604. The zero-order valence-corrected chi connectivity index (χ0v) is 12.3. The second-order valence-electron chi connectivity index (χ2n) is 4.83. The molecule has 2 aliphatic heterocycles. The fraction of sp³-hybridized carbons (Fsp3) is 0.571. The summed E-state index contributed by atoms with van der Waals surface area (Å²) in [5, 5.41) is 0. The minimum atomic E-state index is -0.224. The van der Waals surface area contributed by atoms with Crippen molar-refractivity contribution in [1.82, 2.24) is 0 Å². The number of ether oxygens (including phenoxy) is 4. The Bertz CT molecular complexity index is 439. The molecule has 19 heavy (non-hydrogen) atoms. The standard InChI is InChI=1S/C14H17BrO4/c1-16-12-6-11(13-8-18-14(12)19-13)17-7-9-4-2-3-5-10(9)15/h2-5,11-14H,6-8H2,1H3/t11-,12+,13+,14+/m0/s1. The fourth-order valence-corrected chi connectivity index (χ4v) is 2.92. The van der Waals surface area contributed by atoms with Gasteiger partial charge in [-0.15, -0.1) is 0 Å². The van der Waals surface area contributed by atoms with Crippen LogP contribution >= 0.6 is 15.9 Å². The van der Waals surface area contributed by atoms with E-state index in [0.29, 0.717) is 13.2 Å². The van der Waals surface area contributed by atoms with Crippen molar-refractivity contribution >= 4 is 15.9 Å². The number of methoxy groups -OCH3 is 1. The van der Waals surface area contributed by atoms with Crippen LogP contribution in [0.15, 0.2) is 28.7 Å². The monoisotopic (exact) mass is 328 g/mol. The van der Waals surface area contributed by atoms with Gasteiger partial charge in [-0.2, -0.15) is 0 Å². The highest BCUT2D eigenvalue weighted by molar-refractivity contribution is 9.10. The maximum Gasteiger partial charge on any atom is 0.184 e. The van der Waals surface area contributed by atoms with Gasteiger partial charge in [0, 0.05) is 18.0 Å². The van der Waals surface area contributed by atoms with Crippen LogP contribution in [0.3, 0.4) is 0 Å². The van der Waals surface area contributed by atoms with Gasteiger partial charge in [-0.05, 0) is 11.6 Å². The quantitative estimate of drug-likeness (QED) is 0.851. The molecule has 0 radical (unpaired) electrons. The molecule has 2 fully saturated rings.